The zero-order chi connectivity index (χ0) is 13.0. The van der Waals surface area contributed by atoms with Crippen LogP contribution in [0.25, 0.3) is 0 Å². The highest BCUT2D eigenvalue weighted by atomic mass is 32.2. The highest BCUT2D eigenvalue weighted by molar-refractivity contribution is 7.89. The normalized spacial score (nSPS) is 17.8. The van der Waals surface area contributed by atoms with Crippen molar-refractivity contribution < 1.29 is 13.2 Å². The van der Waals surface area contributed by atoms with E-state index in [4.69, 9.17) is 9.88 Å². The van der Waals surface area contributed by atoms with Gasteiger partial charge in [0.05, 0.1) is 4.90 Å². The molecule has 5 nitrogen and oxygen atoms in total. The molecule has 2 rings (SSSR count). The number of rotatable bonds is 4. The summed E-state index contributed by atoms with van der Waals surface area (Å²) in [5.74, 6) is 0. The Bertz CT molecular complexity index is 479. The van der Waals surface area contributed by atoms with E-state index in [1.54, 1.807) is 12.1 Å². The van der Waals surface area contributed by atoms with Crippen molar-refractivity contribution in [3.8, 4) is 0 Å². The van der Waals surface area contributed by atoms with Gasteiger partial charge in [0.1, 0.15) is 0 Å². The molecule has 100 valence electrons. The Morgan fingerprint density at radius 2 is 1.83 bits per heavy atom. The first-order valence-corrected chi connectivity index (χ1v) is 7.53. The molecule has 0 unspecified atom stereocenters. The van der Waals surface area contributed by atoms with Crippen LogP contribution in [0.2, 0.25) is 0 Å². The predicted octanol–water partition coefficient (Wildman–Crippen LogP) is 0.603. The summed E-state index contributed by atoms with van der Waals surface area (Å²) < 4.78 is 27.5. The molecule has 1 fully saturated rings. The smallest absolute Gasteiger partial charge is 0.238 e. The predicted molar refractivity (Wildman–Crippen MR) is 68.5 cm³/mol. The van der Waals surface area contributed by atoms with Crippen molar-refractivity contribution in [3.05, 3.63) is 29.8 Å². The first kappa shape index (κ1) is 13.5. The zero-order valence-electron chi connectivity index (χ0n) is 10.1. The van der Waals surface area contributed by atoms with Crippen molar-refractivity contribution in [2.45, 2.75) is 30.3 Å². The second kappa shape index (κ2) is 5.79. The van der Waals surface area contributed by atoms with Gasteiger partial charge in [-0.15, -0.1) is 0 Å². The van der Waals surface area contributed by atoms with Crippen molar-refractivity contribution >= 4 is 10.0 Å². The number of primary sulfonamides is 1. The summed E-state index contributed by atoms with van der Waals surface area (Å²) in [6.07, 6.45) is 2.05. The molecule has 1 aromatic rings. The Morgan fingerprint density at radius 1 is 1.22 bits per heavy atom. The van der Waals surface area contributed by atoms with E-state index in [0.717, 1.165) is 38.2 Å². The lowest BCUT2D eigenvalue weighted by Crippen LogP contribution is -2.34. The lowest BCUT2D eigenvalue weighted by atomic mass is 10.1. The summed E-state index contributed by atoms with van der Waals surface area (Å²) in [7, 11) is -3.59. The molecule has 0 saturated carbocycles. The van der Waals surface area contributed by atoms with Crippen molar-refractivity contribution in [2.24, 2.45) is 5.14 Å². The van der Waals surface area contributed by atoms with E-state index in [1.165, 1.54) is 12.1 Å². The molecule has 18 heavy (non-hydrogen) atoms. The van der Waals surface area contributed by atoms with E-state index in [9.17, 15) is 8.42 Å². The van der Waals surface area contributed by atoms with Crippen LogP contribution >= 0.6 is 0 Å². The summed E-state index contributed by atoms with van der Waals surface area (Å²) in [6, 6.07) is 7.13. The molecule has 0 spiro atoms. The molecule has 1 aliphatic rings. The van der Waals surface area contributed by atoms with Crippen molar-refractivity contribution in [2.75, 3.05) is 13.2 Å². The Labute approximate surface area is 107 Å². The summed E-state index contributed by atoms with van der Waals surface area (Å²) in [5, 5.41) is 8.48. The minimum atomic E-state index is -3.59. The Balaban J connectivity index is 1.90. The number of ether oxygens (including phenoxy) is 1. The van der Waals surface area contributed by atoms with Gasteiger partial charge in [-0.3, -0.25) is 0 Å². The lowest BCUT2D eigenvalue weighted by Gasteiger charge is -2.23. The maximum absolute atomic E-state index is 11.1. The van der Waals surface area contributed by atoms with Crippen LogP contribution in [-0.2, 0) is 21.3 Å². The quantitative estimate of drug-likeness (QED) is 0.839. The largest absolute Gasteiger partial charge is 0.381 e. The summed E-state index contributed by atoms with van der Waals surface area (Å²) in [4.78, 5) is 0.150. The van der Waals surface area contributed by atoms with E-state index >= 15 is 0 Å². The molecule has 0 aliphatic carbocycles. The third-order valence-electron chi connectivity index (χ3n) is 3.07. The fraction of sp³-hybridized carbons (Fsp3) is 0.500. The van der Waals surface area contributed by atoms with E-state index in [1.807, 2.05) is 0 Å². The molecular weight excluding hydrogens is 252 g/mol. The fourth-order valence-corrected chi connectivity index (χ4v) is 2.48. The average Bonchev–Trinajstić information content (AvgIpc) is 2.37. The van der Waals surface area contributed by atoms with Crippen LogP contribution in [0.1, 0.15) is 18.4 Å². The molecule has 1 heterocycles. The molecule has 0 aromatic heterocycles. The average molecular weight is 270 g/mol. The monoisotopic (exact) mass is 270 g/mol. The van der Waals surface area contributed by atoms with Crippen LogP contribution in [0.5, 0.6) is 0 Å². The van der Waals surface area contributed by atoms with Crippen molar-refractivity contribution in [1.82, 2.24) is 5.32 Å². The topological polar surface area (TPSA) is 81.4 Å². The molecule has 3 N–H and O–H groups in total. The van der Waals surface area contributed by atoms with Crippen LogP contribution in [-0.4, -0.2) is 27.7 Å². The number of nitrogens with one attached hydrogen (secondary N) is 1. The number of hydrogen-bond donors (Lipinski definition) is 2. The van der Waals surface area contributed by atoms with E-state index < -0.39 is 10.0 Å². The van der Waals surface area contributed by atoms with Gasteiger partial charge in [0.15, 0.2) is 0 Å². The van der Waals surface area contributed by atoms with Gasteiger partial charge < -0.3 is 10.1 Å². The number of benzene rings is 1. The number of sulfonamides is 1. The minimum absolute atomic E-state index is 0.150. The Morgan fingerprint density at radius 3 is 2.39 bits per heavy atom. The molecule has 0 atom stereocenters. The van der Waals surface area contributed by atoms with Gasteiger partial charge in [0.25, 0.3) is 0 Å². The van der Waals surface area contributed by atoms with Crippen LogP contribution in [0.4, 0.5) is 0 Å². The van der Waals surface area contributed by atoms with E-state index in [2.05, 4.69) is 5.32 Å². The first-order valence-electron chi connectivity index (χ1n) is 5.98. The van der Waals surface area contributed by atoms with Gasteiger partial charge in [0.2, 0.25) is 10.0 Å². The fourth-order valence-electron chi connectivity index (χ4n) is 1.96. The molecule has 0 amide bonds. The summed E-state index contributed by atoms with van der Waals surface area (Å²) in [5.41, 5.74) is 1.05. The third kappa shape index (κ3) is 3.78. The molecular formula is C12H18N2O3S. The van der Waals surface area contributed by atoms with Gasteiger partial charge >= 0.3 is 0 Å². The van der Waals surface area contributed by atoms with E-state index in [-0.39, 0.29) is 4.90 Å². The van der Waals surface area contributed by atoms with Crippen LogP contribution in [0.15, 0.2) is 29.2 Å². The highest BCUT2D eigenvalue weighted by Crippen LogP contribution is 2.10. The zero-order valence-corrected chi connectivity index (χ0v) is 10.9. The lowest BCUT2D eigenvalue weighted by molar-refractivity contribution is 0.0776. The number of nitrogens with two attached hydrogens (primary N) is 1. The van der Waals surface area contributed by atoms with Crippen molar-refractivity contribution in [3.63, 3.8) is 0 Å². The van der Waals surface area contributed by atoms with Gasteiger partial charge in [-0.25, -0.2) is 13.6 Å². The van der Waals surface area contributed by atoms with Gasteiger partial charge in [0, 0.05) is 25.8 Å². The molecule has 6 heteroatoms. The summed E-state index contributed by atoms with van der Waals surface area (Å²) in [6.45, 7) is 2.35. The standard InChI is InChI=1S/C12H18N2O3S/c13-18(15,16)12-3-1-10(2-4-12)9-14-11-5-7-17-8-6-11/h1-4,11,14H,5-9H2,(H2,13,15,16). The van der Waals surface area contributed by atoms with Crippen molar-refractivity contribution in [1.29, 1.82) is 0 Å². The van der Waals surface area contributed by atoms with E-state index in [0.29, 0.717) is 6.04 Å². The third-order valence-corrected chi connectivity index (χ3v) is 4.00. The second-order valence-corrected chi connectivity index (χ2v) is 6.02. The van der Waals surface area contributed by atoms with Crippen LogP contribution in [0, 0.1) is 0 Å². The summed E-state index contributed by atoms with van der Waals surface area (Å²) >= 11 is 0. The molecule has 0 radical (unpaired) electrons. The number of hydrogen-bond acceptors (Lipinski definition) is 4. The molecule has 0 bridgehead atoms. The second-order valence-electron chi connectivity index (χ2n) is 4.46. The van der Waals surface area contributed by atoms with Gasteiger partial charge in [-0.05, 0) is 30.5 Å². The minimum Gasteiger partial charge on any atom is -0.381 e. The Hall–Kier alpha value is -0.950. The first-order chi connectivity index (χ1) is 8.55. The van der Waals surface area contributed by atoms with Gasteiger partial charge in [-0.1, -0.05) is 12.1 Å². The Kier molecular flexibility index (Phi) is 4.34. The molecule has 1 aliphatic heterocycles. The maximum Gasteiger partial charge on any atom is 0.238 e. The van der Waals surface area contributed by atoms with Gasteiger partial charge in [-0.2, -0.15) is 0 Å². The van der Waals surface area contributed by atoms with Crippen LogP contribution < -0.4 is 10.5 Å². The highest BCUT2D eigenvalue weighted by Gasteiger charge is 2.13. The molecule has 1 saturated heterocycles. The maximum atomic E-state index is 11.1. The SMILES string of the molecule is NS(=O)(=O)c1ccc(CNC2CCOCC2)cc1. The van der Waals surface area contributed by atoms with Crippen LogP contribution in [0.3, 0.4) is 0 Å². The molecule has 1 aromatic carbocycles.